The first-order valence-corrected chi connectivity index (χ1v) is 9.37. The summed E-state index contributed by atoms with van der Waals surface area (Å²) in [6, 6.07) is 17.5. The third-order valence-corrected chi connectivity index (χ3v) is 4.74. The molecule has 0 aliphatic rings. The Balaban J connectivity index is 1.73. The molecule has 0 atom stereocenters. The molecule has 1 heterocycles. The van der Waals surface area contributed by atoms with Crippen LogP contribution in [0.2, 0.25) is 5.02 Å². The fourth-order valence-corrected chi connectivity index (χ4v) is 3.28. The first kappa shape index (κ1) is 19.0. The van der Waals surface area contributed by atoms with Crippen molar-refractivity contribution in [3.05, 3.63) is 81.6 Å². The summed E-state index contributed by atoms with van der Waals surface area (Å²) < 4.78 is 6.84. The van der Waals surface area contributed by atoms with E-state index in [0.29, 0.717) is 15.9 Å². The first-order valence-electron chi connectivity index (χ1n) is 8.01. The van der Waals surface area contributed by atoms with Crippen molar-refractivity contribution in [1.29, 1.82) is 0 Å². The maximum atomic E-state index is 12.0. The summed E-state index contributed by atoms with van der Waals surface area (Å²) in [4.78, 5) is 27.8. The predicted molar refractivity (Wildman–Crippen MR) is 106 cm³/mol. The Morgan fingerprint density at radius 1 is 1.15 bits per heavy atom. The van der Waals surface area contributed by atoms with E-state index in [1.807, 2.05) is 30.3 Å². The lowest BCUT2D eigenvalue weighted by Crippen LogP contribution is -2.17. The second-order valence-electron chi connectivity index (χ2n) is 5.55. The highest BCUT2D eigenvalue weighted by Crippen LogP contribution is 2.23. The Bertz CT molecular complexity index is 991. The minimum absolute atomic E-state index is 0.00365. The van der Waals surface area contributed by atoms with E-state index in [2.05, 4.69) is 4.98 Å². The van der Waals surface area contributed by atoms with E-state index in [1.54, 1.807) is 28.8 Å². The normalized spacial score (nSPS) is 10.6. The number of nitrogens with two attached hydrogens (primary N) is 1. The second kappa shape index (κ2) is 8.75. The number of aromatic nitrogens is 2. The number of anilines is 1. The molecule has 138 valence electrons. The van der Waals surface area contributed by atoms with Crippen LogP contribution in [0.1, 0.15) is 5.56 Å². The molecule has 0 radical (unpaired) electrons. The van der Waals surface area contributed by atoms with E-state index in [-0.39, 0.29) is 18.2 Å². The molecule has 6 nitrogen and oxygen atoms in total. The lowest BCUT2D eigenvalue weighted by atomic mass is 10.2. The van der Waals surface area contributed by atoms with Crippen molar-refractivity contribution < 1.29 is 9.53 Å². The molecule has 3 aromatic rings. The first-order chi connectivity index (χ1) is 13.0. The predicted octanol–water partition coefficient (Wildman–Crippen LogP) is 3.30. The van der Waals surface area contributed by atoms with Crippen LogP contribution in [0.15, 0.2) is 70.6 Å². The summed E-state index contributed by atoms with van der Waals surface area (Å²) in [6.07, 6.45) is 0. The van der Waals surface area contributed by atoms with Crippen LogP contribution in [0.25, 0.3) is 5.69 Å². The lowest BCUT2D eigenvalue weighted by Gasteiger charge is -2.14. The maximum Gasteiger partial charge on any atom is 0.316 e. The van der Waals surface area contributed by atoms with Gasteiger partial charge in [0.15, 0.2) is 5.16 Å². The summed E-state index contributed by atoms with van der Waals surface area (Å²) in [5, 5.41) is 0.879. The Morgan fingerprint density at radius 2 is 1.85 bits per heavy atom. The van der Waals surface area contributed by atoms with Crippen LogP contribution in [-0.4, -0.2) is 21.3 Å². The molecule has 0 saturated heterocycles. The molecule has 0 amide bonds. The number of nitrogen functional groups attached to an aromatic ring is 1. The number of benzene rings is 2. The van der Waals surface area contributed by atoms with Crippen molar-refractivity contribution in [3.8, 4) is 5.69 Å². The second-order valence-corrected chi connectivity index (χ2v) is 6.93. The highest BCUT2D eigenvalue weighted by atomic mass is 35.5. The molecule has 27 heavy (non-hydrogen) atoms. The highest BCUT2D eigenvalue weighted by Gasteiger charge is 2.13. The molecule has 0 aliphatic carbocycles. The minimum Gasteiger partial charge on any atom is -0.460 e. The number of carbonyl (C=O) groups excluding carboxylic acids is 1. The topological polar surface area (TPSA) is 87.2 Å². The van der Waals surface area contributed by atoms with Gasteiger partial charge in [-0.25, -0.2) is 0 Å². The monoisotopic (exact) mass is 401 g/mol. The smallest absolute Gasteiger partial charge is 0.316 e. The molecular formula is C19H16ClN3O3S. The standard InChI is InChI=1S/C19H16ClN3O3S/c20-14-6-8-15(9-7-14)23-16(21)10-17(24)22-19(23)27-12-18(25)26-11-13-4-2-1-3-5-13/h1-10H,11-12,21H2. The van der Waals surface area contributed by atoms with Gasteiger partial charge in [0.05, 0.1) is 5.75 Å². The molecular weight excluding hydrogens is 386 g/mol. The molecule has 1 aromatic heterocycles. The average molecular weight is 402 g/mol. The fourth-order valence-electron chi connectivity index (χ4n) is 2.33. The van der Waals surface area contributed by atoms with Gasteiger partial charge in [-0.05, 0) is 29.8 Å². The molecule has 2 aromatic carbocycles. The van der Waals surface area contributed by atoms with Crippen LogP contribution in [0, 0.1) is 0 Å². The molecule has 0 spiro atoms. The van der Waals surface area contributed by atoms with Gasteiger partial charge < -0.3 is 10.5 Å². The Kier molecular flexibility index (Phi) is 6.16. The van der Waals surface area contributed by atoms with Crippen LogP contribution in [0.3, 0.4) is 0 Å². The van der Waals surface area contributed by atoms with Gasteiger partial charge in [-0.2, -0.15) is 4.98 Å². The summed E-state index contributed by atoms with van der Waals surface area (Å²) in [5.41, 5.74) is 7.10. The number of rotatable bonds is 6. The van der Waals surface area contributed by atoms with Crippen LogP contribution < -0.4 is 11.3 Å². The lowest BCUT2D eigenvalue weighted by molar-refractivity contribution is -0.141. The third-order valence-electron chi connectivity index (χ3n) is 3.57. The van der Waals surface area contributed by atoms with Crippen LogP contribution in [0.5, 0.6) is 0 Å². The Labute approximate surface area is 164 Å². The van der Waals surface area contributed by atoms with E-state index in [4.69, 9.17) is 22.1 Å². The van der Waals surface area contributed by atoms with E-state index >= 15 is 0 Å². The van der Waals surface area contributed by atoms with Crippen molar-refractivity contribution in [2.75, 3.05) is 11.5 Å². The van der Waals surface area contributed by atoms with Crippen LogP contribution in [-0.2, 0) is 16.1 Å². The number of esters is 1. The minimum atomic E-state index is -0.474. The number of ether oxygens (including phenoxy) is 1. The van der Waals surface area contributed by atoms with Gasteiger partial charge in [0, 0.05) is 16.8 Å². The van der Waals surface area contributed by atoms with Crippen LogP contribution in [0.4, 0.5) is 5.82 Å². The number of nitrogens with zero attached hydrogens (tertiary/aromatic N) is 2. The maximum absolute atomic E-state index is 12.0. The van der Waals surface area contributed by atoms with E-state index in [0.717, 1.165) is 17.3 Å². The van der Waals surface area contributed by atoms with E-state index in [9.17, 15) is 9.59 Å². The largest absolute Gasteiger partial charge is 0.460 e. The van der Waals surface area contributed by atoms with Gasteiger partial charge in [-0.15, -0.1) is 0 Å². The van der Waals surface area contributed by atoms with Gasteiger partial charge in [-0.3, -0.25) is 14.2 Å². The van der Waals surface area contributed by atoms with Crippen molar-refractivity contribution in [1.82, 2.24) is 9.55 Å². The summed E-state index contributed by atoms with van der Waals surface area (Å²) in [6.45, 7) is 0.189. The zero-order valence-electron chi connectivity index (χ0n) is 14.2. The molecule has 8 heteroatoms. The molecule has 0 saturated carbocycles. The number of hydrogen-bond acceptors (Lipinski definition) is 6. The van der Waals surface area contributed by atoms with Gasteiger partial charge in [0.2, 0.25) is 0 Å². The fraction of sp³-hybridized carbons (Fsp3) is 0.105. The Morgan fingerprint density at radius 3 is 2.56 bits per heavy atom. The van der Waals surface area contributed by atoms with Gasteiger partial charge in [0.25, 0.3) is 5.56 Å². The van der Waals surface area contributed by atoms with Gasteiger partial charge >= 0.3 is 5.97 Å². The van der Waals surface area contributed by atoms with E-state index in [1.165, 1.54) is 6.07 Å². The quantitative estimate of drug-likeness (QED) is 0.387. The van der Waals surface area contributed by atoms with Crippen molar-refractivity contribution in [3.63, 3.8) is 0 Å². The molecule has 0 bridgehead atoms. The van der Waals surface area contributed by atoms with Gasteiger partial charge in [-0.1, -0.05) is 53.7 Å². The number of carbonyl (C=O) groups is 1. The zero-order valence-corrected chi connectivity index (χ0v) is 15.7. The van der Waals surface area contributed by atoms with Gasteiger partial charge in [0.1, 0.15) is 12.4 Å². The van der Waals surface area contributed by atoms with Crippen molar-refractivity contribution in [2.45, 2.75) is 11.8 Å². The number of thioether (sulfide) groups is 1. The molecule has 0 aliphatic heterocycles. The average Bonchev–Trinajstić information content (AvgIpc) is 2.66. The van der Waals surface area contributed by atoms with E-state index < -0.39 is 11.5 Å². The molecule has 0 fully saturated rings. The summed E-state index contributed by atoms with van der Waals surface area (Å²) in [5.74, 6) is -0.197. The zero-order chi connectivity index (χ0) is 19.2. The number of halogens is 1. The molecule has 2 N–H and O–H groups in total. The Hall–Kier alpha value is -2.77. The highest BCUT2D eigenvalue weighted by molar-refractivity contribution is 7.99. The van der Waals surface area contributed by atoms with Crippen molar-refractivity contribution >= 4 is 35.1 Å². The number of hydrogen-bond donors (Lipinski definition) is 1. The SMILES string of the molecule is Nc1cc(=O)nc(SCC(=O)OCc2ccccc2)n1-c1ccc(Cl)cc1. The summed E-state index contributed by atoms with van der Waals surface area (Å²) >= 11 is 7.00. The summed E-state index contributed by atoms with van der Waals surface area (Å²) in [7, 11) is 0. The molecule has 3 rings (SSSR count). The third kappa shape index (κ3) is 5.12. The van der Waals surface area contributed by atoms with Crippen LogP contribution >= 0.6 is 23.4 Å². The van der Waals surface area contributed by atoms with Crippen molar-refractivity contribution in [2.24, 2.45) is 0 Å². The molecule has 0 unspecified atom stereocenters.